The number of hydrogen-bond donors (Lipinski definition) is 1. The number of aryl methyl sites for hydroxylation is 1. The first kappa shape index (κ1) is 16.5. The van der Waals surface area contributed by atoms with Gasteiger partial charge in [-0.2, -0.15) is 0 Å². The Morgan fingerprint density at radius 1 is 1.35 bits per heavy atom. The molecule has 0 heterocycles. The van der Waals surface area contributed by atoms with Crippen molar-refractivity contribution >= 4 is 5.97 Å². The lowest BCUT2D eigenvalue weighted by atomic mass is 9.96. The van der Waals surface area contributed by atoms with E-state index in [4.69, 9.17) is 9.47 Å². The number of hydrogen-bond acceptors (Lipinski definition) is 4. The van der Waals surface area contributed by atoms with E-state index < -0.39 is 5.54 Å². The third kappa shape index (κ3) is 4.53. The third-order valence-corrected chi connectivity index (χ3v) is 3.45. The second-order valence-corrected chi connectivity index (χ2v) is 5.02. The molecule has 1 aromatic carbocycles. The number of rotatable bonds is 8. The first-order chi connectivity index (χ1) is 9.53. The second kappa shape index (κ2) is 7.90. The van der Waals surface area contributed by atoms with Gasteiger partial charge in [0.25, 0.3) is 0 Å². The zero-order valence-corrected chi connectivity index (χ0v) is 12.9. The minimum absolute atomic E-state index is 0.210. The summed E-state index contributed by atoms with van der Waals surface area (Å²) in [7, 11) is 1.78. The molecule has 1 atom stereocenters. The van der Waals surface area contributed by atoms with Gasteiger partial charge in [-0.05, 0) is 52.3 Å². The van der Waals surface area contributed by atoms with E-state index in [0.29, 0.717) is 19.6 Å². The number of nitrogens with one attached hydrogen (secondary N) is 1. The smallest absolute Gasteiger partial charge is 0.326 e. The van der Waals surface area contributed by atoms with Gasteiger partial charge in [0.05, 0.1) is 13.2 Å². The van der Waals surface area contributed by atoms with E-state index in [1.54, 1.807) is 7.05 Å². The lowest BCUT2D eigenvalue weighted by Gasteiger charge is -2.26. The Hall–Kier alpha value is -1.55. The van der Waals surface area contributed by atoms with Gasteiger partial charge in [-0.1, -0.05) is 18.2 Å². The largest absolute Gasteiger partial charge is 0.493 e. The fourth-order valence-corrected chi connectivity index (χ4v) is 1.95. The molecule has 1 N–H and O–H groups in total. The Morgan fingerprint density at radius 2 is 2.05 bits per heavy atom. The molecule has 0 radical (unpaired) electrons. The number of carbonyl (C=O) groups excluding carboxylic acids is 1. The van der Waals surface area contributed by atoms with Gasteiger partial charge in [-0.3, -0.25) is 4.79 Å². The van der Waals surface area contributed by atoms with Crippen LogP contribution in [0.3, 0.4) is 0 Å². The predicted octanol–water partition coefficient (Wildman–Crippen LogP) is 2.70. The van der Waals surface area contributed by atoms with Gasteiger partial charge < -0.3 is 14.8 Å². The zero-order valence-electron chi connectivity index (χ0n) is 12.9. The summed E-state index contributed by atoms with van der Waals surface area (Å²) < 4.78 is 10.8. The quantitative estimate of drug-likeness (QED) is 0.587. The summed E-state index contributed by atoms with van der Waals surface area (Å²) in [5, 5.41) is 3.04. The molecule has 112 valence electrons. The molecule has 20 heavy (non-hydrogen) atoms. The number of ether oxygens (including phenoxy) is 2. The SMILES string of the molecule is CCOC(=O)C(C)(CCCOc1ccccc1C)NC. The summed E-state index contributed by atoms with van der Waals surface area (Å²) >= 11 is 0. The molecule has 0 aliphatic carbocycles. The van der Waals surface area contributed by atoms with Crippen LogP contribution in [0.2, 0.25) is 0 Å². The van der Waals surface area contributed by atoms with Crippen LogP contribution >= 0.6 is 0 Å². The average molecular weight is 279 g/mol. The average Bonchev–Trinajstić information content (AvgIpc) is 2.45. The van der Waals surface area contributed by atoms with Crippen LogP contribution in [0.25, 0.3) is 0 Å². The molecule has 0 amide bonds. The fourth-order valence-electron chi connectivity index (χ4n) is 1.95. The van der Waals surface area contributed by atoms with Crippen LogP contribution in [0.1, 0.15) is 32.3 Å². The minimum Gasteiger partial charge on any atom is -0.493 e. The zero-order chi connectivity index (χ0) is 15.0. The normalized spacial score (nSPS) is 13.6. The van der Waals surface area contributed by atoms with Gasteiger partial charge in [-0.15, -0.1) is 0 Å². The van der Waals surface area contributed by atoms with Crippen molar-refractivity contribution in [3.8, 4) is 5.75 Å². The van der Waals surface area contributed by atoms with Crippen molar-refractivity contribution in [3.63, 3.8) is 0 Å². The molecule has 4 heteroatoms. The van der Waals surface area contributed by atoms with E-state index in [0.717, 1.165) is 17.7 Å². The monoisotopic (exact) mass is 279 g/mol. The van der Waals surface area contributed by atoms with E-state index in [1.807, 2.05) is 45.0 Å². The molecular formula is C16H25NO3. The van der Waals surface area contributed by atoms with Gasteiger partial charge >= 0.3 is 5.97 Å². The number of benzene rings is 1. The fraction of sp³-hybridized carbons (Fsp3) is 0.562. The molecule has 1 unspecified atom stereocenters. The third-order valence-electron chi connectivity index (χ3n) is 3.45. The number of carbonyl (C=O) groups is 1. The predicted molar refractivity (Wildman–Crippen MR) is 80.0 cm³/mol. The molecule has 4 nitrogen and oxygen atoms in total. The lowest BCUT2D eigenvalue weighted by molar-refractivity contribution is -0.150. The minimum atomic E-state index is -0.648. The van der Waals surface area contributed by atoms with Crippen LogP contribution in [-0.4, -0.2) is 31.8 Å². The van der Waals surface area contributed by atoms with Crippen molar-refractivity contribution in [1.82, 2.24) is 5.32 Å². The summed E-state index contributed by atoms with van der Waals surface area (Å²) in [6.07, 6.45) is 1.46. The Bertz CT molecular complexity index is 433. The van der Waals surface area contributed by atoms with E-state index in [1.165, 1.54) is 0 Å². The Kier molecular flexibility index (Phi) is 6.52. The summed E-state index contributed by atoms with van der Waals surface area (Å²) in [6, 6.07) is 7.92. The molecule has 0 aliphatic heterocycles. The Labute approximate surface area is 121 Å². The van der Waals surface area contributed by atoms with Crippen LogP contribution in [-0.2, 0) is 9.53 Å². The highest BCUT2D eigenvalue weighted by Gasteiger charge is 2.32. The van der Waals surface area contributed by atoms with Gasteiger partial charge in [-0.25, -0.2) is 0 Å². The molecule has 0 spiro atoms. The topological polar surface area (TPSA) is 47.6 Å². The highest BCUT2D eigenvalue weighted by atomic mass is 16.5. The van der Waals surface area contributed by atoms with Gasteiger partial charge in [0.1, 0.15) is 11.3 Å². The maximum absolute atomic E-state index is 11.9. The van der Waals surface area contributed by atoms with Gasteiger partial charge in [0.15, 0.2) is 0 Å². The van der Waals surface area contributed by atoms with Crippen molar-refractivity contribution in [2.24, 2.45) is 0 Å². The number of esters is 1. The van der Waals surface area contributed by atoms with Crippen molar-refractivity contribution in [3.05, 3.63) is 29.8 Å². The molecule has 1 aromatic rings. The van der Waals surface area contributed by atoms with E-state index in [-0.39, 0.29) is 5.97 Å². The van der Waals surface area contributed by atoms with E-state index in [9.17, 15) is 4.79 Å². The molecule has 1 rings (SSSR count). The number of likely N-dealkylation sites (N-methyl/N-ethyl adjacent to an activating group) is 1. The maximum Gasteiger partial charge on any atom is 0.326 e. The first-order valence-corrected chi connectivity index (χ1v) is 7.08. The summed E-state index contributed by atoms with van der Waals surface area (Å²) in [5.74, 6) is 0.688. The maximum atomic E-state index is 11.9. The van der Waals surface area contributed by atoms with Crippen LogP contribution in [0, 0.1) is 6.92 Å². The Morgan fingerprint density at radius 3 is 2.65 bits per heavy atom. The molecule has 0 aliphatic rings. The van der Waals surface area contributed by atoms with Crippen molar-refractivity contribution in [2.75, 3.05) is 20.3 Å². The van der Waals surface area contributed by atoms with Crippen molar-refractivity contribution < 1.29 is 14.3 Å². The van der Waals surface area contributed by atoms with Gasteiger partial charge in [0, 0.05) is 0 Å². The van der Waals surface area contributed by atoms with Crippen LogP contribution < -0.4 is 10.1 Å². The lowest BCUT2D eigenvalue weighted by Crippen LogP contribution is -2.48. The highest BCUT2D eigenvalue weighted by Crippen LogP contribution is 2.18. The summed E-state index contributed by atoms with van der Waals surface area (Å²) in [6.45, 7) is 6.68. The highest BCUT2D eigenvalue weighted by molar-refractivity contribution is 5.80. The van der Waals surface area contributed by atoms with Crippen molar-refractivity contribution in [2.45, 2.75) is 39.2 Å². The number of para-hydroxylation sites is 1. The summed E-state index contributed by atoms with van der Waals surface area (Å²) in [5.41, 5.74) is 0.472. The Balaban J connectivity index is 2.42. The van der Waals surface area contributed by atoms with Crippen LogP contribution in [0.15, 0.2) is 24.3 Å². The first-order valence-electron chi connectivity index (χ1n) is 7.08. The molecule has 0 saturated carbocycles. The van der Waals surface area contributed by atoms with E-state index in [2.05, 4.69) is 5.32 Å². The van der Waals surface area contributed by atoms with Crippen molar-refractivity contribution in [1.29, 1.82) is 0 Å². The standard InChI is InChI=1S/C16H25NO3/c1-5-19-15(18)16(3,17-4)11-8-12-20-14-10-7-6-9-13(14)2/h6-7,9-10,17H,5,8,11-12H2,1-4H3. The van der Waals surface area contributed by atoms with E-state index >= 15 is 0 Å². The second-order valence-electron chi connectivity index (χ2n) is 5.02. The summed E-state index contributed by atoms with van der Waals surface area (Å²) in [4.78, 5) is 11.9. The molecule has 0 aromatic heterocycles. The molecule has 0 fully saturated rings. The van der Waals surface area contributed by atoms with Crippen LogP contribution in [0.4, 0.5) is 0 Å². The van der Waals surface area contributed by atoms with Gasteiger partial charge in [0.2, 0.25) is 0 Å². The molecule has 0 saturated heterocycles. The molecular weight excluding hydrogens is 254 g/mol. The van der Waals surface area contributed by atoms with Crippen LogP contribution in [0.5, 0.6) is 5.75 Å². The molecule has 0 bridgehead atoms.